The van der Waals surface area contributed by atoms with Crippen LogP contribution in [0.1, 0.15) is 10.5 Å². The molecule has 1 rings (SSSR count). The molecule has 0 saturated heterocycles. The Bertz CT molecular complexity index is 397. The molecule has 0 aliphatic heterocycles. The van der Waals surface area contributed by atoms with Gasteiger partial charge in [-0.15, -0.1) is 0 Å². The maximum Gasteiger partial charge on any atom is 0.269 e. The number of amides is 2. The van der Waals surface area contributed by atoms with Crippen LogP contribution in [0, 0.1) is 0 Å². The molecule has 0 spiro atoms. The molecule has 2 amide bonds. The predicted octanol–water partition coefficient (Wildman–Crippen LogP) is -0.602. The van der Waals surface area contributed by atoms with Crippen LogP contribution >= 0.6 is 11.6 Å². The lowest BCUT2D eigenvalue weighted by Crippen LogP contribution is -2.41. The smallest absolute Gasteiger partial charge is 0.269 e. The molecule has 1 aromatic rings. The third-order valence-electron chi connectivity index (χ3n) is 1.63. The zero-order valence-corrected chi connectivity index (χ0v) is 8.95. The fourth-order valence-electron chi connectivity index (χ4n) is 0.960. The zero-order chi connectivity index (χ0) is 12.0. The molecule has 2 N–H and O–H groups in total. The van der Waals surface area contributed by atoms with E-state index in [0.717, 1.165) is 0 Å². The van der Waals surface area contributed by atoms with Gasteiger partial charge < -0.3 is 20.5 Å². The van der Waals surface area contributed by atoms with Crippen molar-refractivity contribution in [3.8, 4) is 0 Å². The third-order valence-corrected chi connectivity index (χ3v) is 1.87. The van der Waals surface area contributed by atoms with Crippen molar-refractivity contribution in [2.75, 3.05) is 13.1 Å². The Morgan fingerprint density at radius 1 is 1.38 bits per heavy atom. The highest BCUT2D eigenvalue weighted by Crippen LogP contribution is 2.07. The van der Waals surface area contributed by atoms with Gasteiger partial charge in [-0.3, -0.25) is 9.78 Å². The molecule has 1 heterocycles. The molecule has 0 aliphatic carbocycles. The summed E-state index contributed by atoms with van der Waals surface area (Å²) in [6.07, 6.45) is 0.0338. The summed E-state index contributed by atoms with van der Waals surface area (Å²) < 4.78 is 0. The number of hydrogen-bond acceptors (Lipinski definition) is 4. The van der Waals surface area contributed by atoms with Gasteiger partial charge in [0.15, 0.2) is 0 Å². The third kappa shape index (κ3) is 4.14. The van der Waals surface area contributed by atoms with E-state index in [2.05, 4.69) is 10.3 Å². The van der Waals surface area contributed by atoms with Crippen LogP contribution in [0.5, 0.6) is 0 Å². The average Bonchev–Trinajstić information content (AvgIpc) is 2.24. The quantitative estimate of drug-likeness (QED) is 0.689. The molecule has 0 unspecified atom stereocenters. The van der Waals surface area contributed by atoms with Gasteiger partial charge in [-0.25, -0.2) is 0 Å². The van der Waals surface area contributed by atoms with Crippen molar-refractivity contribution in [1.29, 1.82) is 0 Å². The summed E-state index contributed by atoms with van der Waals surface area (Å²) >= 11 is 5.67. The van der Waals surface area contributed by atoms with Crippen molar-refractivity contribution in [2.45, 2.75) is 0 Å². The maximum atomic E-state index is 11.4. The van der Waals surface area contributed by atoms with Gasteiger partial charge in [0.25, 0.3) is 5.91 Å². The van der Waals surface area contributed by atoms with E-state index >= 15 is 0 Å². The van der Waals surface area contributed by atoms with Gasteiger partial charge in [0, 0.05) is 24.3 Å². The Balaban J connectivity index is 2.38. The largest absolute Gasteiger partial charge is 0.530 e. The van der Waals surface area contributed by atoms with E-state index in [9.17, 15) is 14.7 Å². The molecule has 0 radical (unpaired) electrons. The summed E-state index contributed by atoms with van der Waals surface area (Å²) in [5, 5.41) is 14.9. The first-order chi connectivity index (χ1) is 7.59. The number of carboxylic acid groups (broad SMARTS) is 1. The summed E-state index contributed by atoms with van der Waals surface area (Å²) in [7, 11) is 0. The summed E-state index contributed by atoms with van der Waals surface area (Å²) in [4.78, 5) is 25.2. The number of rotatable bonds is 4. The van der Waals surface area contributed by atoms with E-state index in [1.54, 1.807) is 6.07 Å². The molecule has 0 fully saturated rings. The Hall–Kier alpha value is -1.82. The van der Waals surface area contributed by atoms with E-state index in [0.29, 0.717) is 5.02 Å². The number of nitrogens with zero attached hydrogens (tertiary/aromatic N) is 1. The van der Waals surface area contributed by atoms with Crippen LogP contribution in [0.4, 0.5) is 4.79 Å². The number of hydrogen-bond donors (Lipinski definition) is 2. The molecule has 0 saturated carbocycles. The maximum absolute atomic E-state index is 11.4. The number of carbonyl (C=O) groups excluding carboxylic acids is 2. The first-order valence-corrected chi connectivity index (χ1v) is 4.82. The normalized spacial score (nSPS) is 9.56. The van der Waals surface area contributed by atoms with Gasteiger partial charge in [0.2, 0.25) is 0 Å². The van der Waals surface area contributed by atoms with Crippen molar-refractivity contribution in [2.24, 2.45) is 0 Å². The van der Waals surface area contributed by atoms with Gasteiger partial charge >= 0.3 is 0 Å². The molecule has 0 aliphatic rings. The van der Waals surface area contributed by atoms with Crippen molar-refractivity contribution in [1.82, 2.24) is 15.6 Å². The summed E-state index contributed by atoms with van der Waals surface area (Å²) in [6.45, 7) is 0.232. The minimum Gasteiger partial charge on any atom is -0.530 e. The standard InChI is InChI=1S/C9H10ClN3O3/c10-6-1-2-11-7(5-6)8(14)12-3-4-13-9(15)16/h1-2,5,13H,3-4H2,(H,12,14)(H,15,16)/p-1. The van der Waals surface area contributed by atoms with Gasteiger partial charge in [0.1, 0.15) is 11.8 Å². The van der Waals surface area contributed by atoms with Crippen molar-refractivity contribution < 1.29 is 14.7 Å². The number of aromatic nitrogens is 1. The van der Waals surface area contributed by atoms with Crippen molar-refractivity contribution in [3.05, 3.63) is 29.0 Å². The molecular formula is C9H9ClN3O3-. The number of halogens is 1. The number of nitrogens with one attached hydrogen (secondary N) is 2. The predicted molar refractivity (Wildman–Crippen MR) is 55.0 cm³/mol. The highest BCUT2D eigenvalue weighted by molar-refractivity contribution is 6.30. The van der Waals surface area contributed by atoms with E-state index in [1.165, 1.54) is 12.3 Å². The second-order valence-electron chi connectivity index (χ2n) is 2.83. The Morgan fingerprint density at radius 2 is 2.06 bits per heavy atom. The molecule has 0 aromatic carbocycles. The first-order valence-electron chi connectivity index (χ1n) is 4.44. The zero-order valence-electron chi connectivity index (χ0n) is 8.20. The van der Waals surface area contributed by atoms with E-state index in [1.807, 2.05) is 5.32 Å². The Morgan fingerprint density at radius 3 is 2.69 bits per heavy atom. The van der Waals surface area contributed by atoms with Crippen LogP contribution in [0.3, 0.4) is 0 Å². The van der Waals surface area contributed by atoms with Crippen LogP contribution in [0.2, 0.25) is 5.02 Å². The van der Waals surface area contributed by atoms with Gasteiger partial charge in [-0.1, -0.05) is 11.6 Å². The van der Waals surface area contributed by atoms with E-state index in [4.69, 9.17) is 11.6 Å². The molecule has 16 heavy (non-hydrogen) atoms. The second-order valence-corrected chi connectivity index (χ2v) is 3.27. The second kappa shape index (κ2) is 5.92. The average molecular weight is 243 g/mol. The van der Waals surface area contributed by atoms with Gasteiger partial charge in [0.05, 0.1) is 0 Å². The van der Waals surface area contributed by atoms with Crippen molar-refractivity contribution in [3.63, 3.8) is 0 Å². The fourth-order valence-corrected chi connectivity index (χ4v) is 1.12. The van der Waals surface area contributed by atoms with Crippen molar-refractivity contribution >= 4 is 23.6 Å². The monoisotopic (exact) mass is 242 g/mol. The molecule has 6 nitrogen and oxygen atoms in total. The van der Waals surface area contributed by atoms with Crippen LogP contribution in [0.15, 0.2) is 18.3 Å². The lowest BCUT2D eigenvalue weighted by Gasteiger charge is -2.07. The van der Waals surface area contributed by atoms with Gasteiger partial charge in [-0.05, 0) is 12.1 Å². The first kappa shape index (κ1) is 12.3. The number of pyridine rings is 1. The molecule has 0 atom stereocenters. The fraction of sp³-hybridized carbons (Fsp3) is 0.222. The summed E-state index contributed by atoms with van der Waals surface area (Å²) in [5.41, 5.74) is 0.181. The molecule has 0 bridgehead atoms. The topological polar surface area (TPSA) is 94.1 Å². The minimum absolute atomic E-state index is 0.0780. The van der Waals surface area contributed by atoms with E-state index < -0.39 is 12.0 Å². The molecular weight excluding hydrogens is 234 g/mol. The van der Waals surface area contributed by atoms with Crippen LogP contribution in [-0.4, -0.2) is 30.1 Å². The Kier molecular flexibility index (Phi) is 4.53. The minimum atomic E-state index is -1.38. The van der Waals surface area contributed by atoms with E-state index in [-0.39, 0.29) is 18.8 Å². The van der Waals surface area contributed by atoms with Crippen LogP contribution < -0.4 is 15.7 Å². The van der Waals surface area contributed by atoms with Gasteiger partial charge in [-0.2, -0.15) is 0 Å². The highest BCUT2D eigenvalue weighted by Gasteiger charge is 2.05. The van der Waals surface area contributed by atoms with Crippen LogP contribution in [-0.2, 0) is 0 Å². The lowest BCUT2D eigenvalue weighted by atomic mass is 10.3. The summed E-state index contributed by atoms with van der Waals surface area (Å²) in [5.74, 6) is -0.414. The van der Waals surface area contributed by atoms with Crippen LogP contribution in [0.25, 0.3) is 0 Å². The SMILES string of the molecule is O=C([O-])NCCNC(=O)c1cc(Cl)ccn1. The lowest BCUT2D eigenvalue weighted by molar-refractivity contribution is -0.250. The molecule has 1 aromatic heterocycles. The Labute approximate surface area is 96.6 Å². The summed E-state index contributed by atoms with van der Waals surface area (Å²) in [6, 6.07) is 2.97. The number of carbonyl (C=O) groups is 2. The molecule has 86 valence electrons. The molecule has 7 heteroatoms. The highest BCUT2D eigenvalue weighted by atomic mass is 35.5.